The van der Waals surface area contributed by atoms with Crippen molar-refractivity contribution in [3.05, 3.63) is 70.9 Å². The fourth-order valence-electron chi connectivity index (χ4n) is 3.28. The van der Waals surface area contributed by atoms with Gasteiger partial charge in [0.15, 0.2) is 0 Å². The van der Waals surface area contributed by atoms with Crippen LogP contribution in [0.4, 0.5) is 5.82 Å². The molecule has 132 valence electrons. The molecule has 26 heavy (non-hydrogen) atoms. The summed E-state index contributed by atoms with van der Waals surface area (Å²) in [4.78, 5) is 12.3. The van der Waals surface area contributed by atoms with E-state index < -0.39 is 0 Å². The second-order valence-electron chi connectivity index (χ2n) is 6.15. The molecule has 1 aliphatic rings. The highest BCUT2D eigenvalue weighted by atomic mass is 35.5. The van der Waals surface area contributed by atoms with E-state index in [4.69, 9.17) is 16.3 Å². The number of amides is 1. The summed E-state index contributed by atoms with van der Waals surface area (Å²) in [6, 6.07) is 15.3. The number of aromatic nitrogens is 2. The molecule has 0 aliphatic carbocycles. The van der Waals surface area contributed by atoms with Crippen LogP contribution in [0.3, 0.4) is 0 Å². The van der Waals surface area contributed by atoms with Gasteiger partial charge in [0, 0.05) is 22.9 Å². The quantitative estimate of drug-likeness (QED) is 0.743. The van der Waals surface area contributed by atoms with Gasteiger partial charge in [0.1, 0.15) is 11.6 Å². The highest BCUT2D eigenvalue weighted by molar-refractivity contribution is 6.30. The number of nitrogens with one attached hydrogen (secondary N) is 1. The number of anilines is 1. The minimum atomic E-state index is -0.0395. The Labute approximate surface area is 156 Å². The summed E-state index contributed by atoms with van der Waals surface area (Å²) < 4.78 is 7.23. The smallest absolute Gasteiger partial charge is 0.226 e. The number of ether oxygens (including phenoxy) is 1. The first-order valence-electron chi connectivity index (χ1n) is 8.52. The van der Waals surface area contributed by atoms with Gasteiger partial charge in [-0.3, -0.25) is 4.79 Å². The van der Waals surface area contributed by atoms with E-state index in [0.717, 1.165) is 22.6 Å². The van der Waals surface area contributed by atoms with Crippen LogP contribution in [-0.2, 0) is 4.79 Å². The Hall–Kier alpha value is -2.79. The number of hydrogen-bond acceptors (Lipinski definition) is 3. The van der Waals surface area contributed by atoms with Crippen LogP contribution in [0.2, 0.25) is 5.02 Å². The predicted molar refractivity (Wildman–Crippen MR) is 101 cm³/mol. The molecule has 1 unspecified atom stereocenters. The van der Waals surface area contributed by atoms with E-state index >= 15 is 0 Å². The van der Waals surface area contributed by atoms with Crippen LogP contribution in [-0.4, -0.2) is 22.3 Å². The molecule has 3 aromatic rings. The predicted octanol–water partition coefficient (Wildman–Crippen LogP) is 4.40. The summed E-state index contributed by atoms with van der Waals surface area (Å²) in [6.07, 6.45) is 2.21. The largest absolute Gasteiger partial charge is 0.494 e. The Kier molecular flexibility index (Phi) is 4.39. The van der Waals surface area contributed by atoms with Gasteiger partial charge >= 0.3 is 0 Å². The fourth-order valence-corrected chi connectivity index (χ4v) is 3.47. The van der Waals surface area contributed by atoms with E-state index in [1.165, 1.54) is 0 Å². The average Bonchev–Trinajstić information content (AvgIpc) is 3.06. The fraction of sp³-hybridized carbons (Fsp3) is 0.200. The van der Waals surface area contributed by atoms with Gasteiger partial charge in [-0.25, -0.2) is 4.68 Å². The van der Waals surface area contributed by atoms with Crippen LogP contribution in [0, 0.1) is 0 Å². The molecule has 0 saturated heterocycles. The SMILES string of the molecule is CCOc1ccc(C2CC(=O)Nc3c2cnn3-c2cccc(Cl)c2)cc1. The molecule has 1 aliphatic heterocycles. The molecule has 1 atom stereocenters. The van der Waals surface area contributed by atoms with E-state index in [1.807, 2.05) is 61.7 Å². The van der Waals surface area contributed by atoms with Gasteiger partial charge in [-0.15, -0.1) is 0 Å². The number of benzene rings is 2. The third-order valence-electron chi connectivity index (χ3n) is 4.47. The van der Waals surface area contributed by atoms with E-state index in [9.17, 15) is 4.79 Å². The lowest BCUT2D eigenvalue weighted by atomic mass is 9.87. The summed E-state index contributed by atoms with van der Waals surface area (Å²) in [7, 11) is 0. The van der Waals surface area contributed by atoms with E-state index in [0.29, 0.717) is 23.9 Å². The molecule has 1 amide bonds. The van der Waals surface area contributed by atoms with Crippen LogP contribution in [0.25, 0.3) is 5.69 Å². The van der Waals surface area contributed by atoms with E-state index in [1.54, 1.807) is 4.68 Å². The van der Waals surface area contributed by atoms with Crippen molar-refractivity contribution in [1.29, 1.82) is 0 Å². The van der Waals surface area contributed by atoms with Crippen molar-refractivity contribution in [1.82, 2.24) is 9.78 Å². The zero-order chi connectivity index (χ0) is 18.1. The molecule has 0 bridgehead atoms. The van der Waals surface area contributed by atoms with Gasteiger partial charge in [0.2, 0.25) is 5.91 Å². The number of hydrogen-bond donors (Lipinski definition) is 1. The number of carbonyl (C=O) groups is 1. The topological polar surface area (TPSA) is 56.1 Å². The Morgan fingerprint density at radius 3 is 2.81 bits per heavy atom. The summed E-state index contributed by atoms with van der Waals surface area (Å²) >= 11 is 6.10. The Balaban J connectivity index is 1.74. The molecule has 1 aromatic heterocycles. The van der Waals surface area contributed by atoms with Crippen LogP contribution in [0.1, 0.15) is 30.4 Å². The first-order chi connectivity index (χ1) is 12.7. The van der Waals surface area contributed by atoms with Gasteiger partial charge in [-0.2, -0.15) is 5.10 Å². The third kappa shape index (κ3) is 3.06. The molecule has 0 saturated carbocycles. The van der Waals surface area contributed by atoms with E-state index in [-0.39, 0.29) is 11.8 Å². The molecule has 0 spiro atoms. The Morgan fingerprint density at radius 2 is 2.08 bits per heavy atom. The van der Waals surface area contributed by atoms with Crippen molar-refractivity contribution >= 4 is 23.3 Å². The van der Waals surface area contributed by atoms with Crippen molar-refractivity contribution in [3.63, 3.8) is 0 Å². The van der Waals surface area contributed by atoms with Crippen molar-refractivity contribution in [2.75, 3.05) is 11.9 Å². The number of carbonyl (C=O) groups excluding carboxylic acids is 1. The normalized spacial score (nSPS) is 16.1. The maximum atomic E-state index is 12.3. The summed E-state index contributed by atoms with van der Waals surface area (Å²) in [6.45, 7) is 2.58. The molecule has 5 nitrogen and oxygen atoms in total. The zero-order valence-corrected chi connectivity index (χ0v) is 15.0. The highest BCUT2D eigenvalue weighted by Crippen LogP contribution is 2.38. The second-order valence-corrected chi connectivity index (χ2v) is 6.58. The average molecular weight is 368 g/mol. The van der Waals surface area contributed by atoms with E-state index in [2.05, 4.69) is 10.4 Å². The number of fused-ring (bicyclic) bond motifs is 1. The molecule has 0 fully saturated rings. The van der Waals surface area contributed by atoms with Crippen molar-refractivity contribution < 1.29 is 9.53 Å². The minimum absolute atomic E-state index is 0.0276. The Bertz CT molecular complexity index is 950. The number of rotatable bonds is 4. The summed E-state index contributed by atoms with van der Waals surface area (Å²) in [5.41, 5.74) is 2.87. The third-order valence-corrected chi connectivity index (χ3v) is 4.70. The second kappa shape index (κ2) is 6.84. The molecular formula is C20H18ClN3O2. The first kappa shape index (κ1) is 16.7. The molecule has 2 aromatic carbocycles. The highest BCUT2D eigenvalue weighted by Gasteiger charge is 2.30. The zero-order valence-electron chi connectivity index (χ0n) is 14.3. The molecule has 4 rings (SSSR count). The lowest BCUT2D eigenvalue weighted by Crippen LogP contribution is -2.24. The van der Waals surface area contributed by atoms with Crippen LogP contribution in [0.5, 0.6) is 5.75 Å². The van der Waals surface area contributed by atoms with Gasteiger partial charge in [0.25, 0.3) is 0 Å². The number of halogens is 1. The van der Waals surface area contributed by atoms with Gasteiger partial charge < -0.3 is 10.1 Å². The molecular weight excluding hydrogens is 350 g/mol. The minimum Gasteiger partial charge on any atom is -0.494 e. The molecule has 1 N–H and O–H groups in total. The van der Waals surface area contributed by atoms with Gasteiger partial charge in [0.05, 0.1) is 18.5 Å². The van der Waals surface area contributed by atoms with Crippen molar-refractivity contribution in [2.45, 2.75) is 19.3 Å². The number of nitrogens with zero attached hydrogens (tertiary/aromatic N) is 2. The molecule has 0 radical (unpaired) electrons. The van der Waals surface area contributed by atoms with Crippen molar-refractivity contribution in [3.8, 4) is 11.4 Å². The molecule has 6 heteroatoms. The van der Waals surface area contributed by atoms with Gasteiger partial charge in [-0.05, 0) is 42.8 Å². The van der Waals surface area contributed by atoms with Crippen LogP contribution < -0.4 is 10.1 Å². The lowest BCUT2D eigenvalue weighted by molar-refractivity contribution is -0.116. The molecule has 2 heterocycles. The maximum Gasteiger partial charge on any atom is 0.226 e. The van der Waals surface area contributed by atoms with Crippen molar-refractivity contribution in [2.24, 2.45) is 0 Å². The standard InChI is InChI=1S/C20H18ClN3O2/c1-2-26-16-8-6-13(7-9-16)17-11-19(25)23-20-18(17)12-22-24(20)15-5-3-4-14(21)10-15/h3-10,12,17H,2,11H2,1H3,(H,23,25). The van der Waals surface area contributed by atoms with Gasteiger partial charge in [-0.1, -0.05) is 29.8 Å². The Morgan fingerprint density at radius 1 is 1.27 bits per heavy atom. The maximum absolute atomic E-state index is 12.3. The first-order valence-corrected chi connectivity index (χ1v) is 8.90. The van der Waals surface area contributed by atoms with Crippen LogP contribution >= 0.6 is 11.6 Å². The monoisotopic (exact) mass is 367 g/mol. The lowest BCUT2D eigenvalue weighted by Gasteiger charge is -2.24. The summed E-state index contributed by atoms with van der Waals surface area (Å²) in [5, 5.41) is 8.06. The van der Waals surface area contributed by atoms with Crippen LogP contribution in [0.15, 0.2) is 54.7 Å². The summed E-state index contributed by atoms with van der Waals surface area (Å²) in [5.74, 6) is 1.45.